The smallest absolute Gasteiger partial charge is 0.233 e. The molecule has 1 saturated carbocycles. The van der Waals surface area contributed by atoms with Crippen molar-refractivity contribution in [2.75, 3.05) is 13.1 Å². The summed E-state index contributed by atoms with van der Waals surface area (Å²) in [5.74, 6) is 1.71. The number of aromatic nitrogens is 3. The lowest BCUT2D eigenvalue weighted by Gasteiger charge is -2.35. The van der Waals surface area contributed by atoms with Crippen molar-refractivity contribution < 1.29 is 9.18 Å². The number of carbonyl (C=O) groups excluding carboxylic acids is 1. The van der Waals surface area contributed by atoms with Crippen LogP contribution in [0.3, 0.4) is 0 Å². The van der Waals surface area contributed by atoms with E-state index in [2.05, 4.69) is 34.3 Å². The Morgan fingerprint density at radius 1 is 1.12 bits per heavy atom. The average molecular weight is 474 g/mol. The molecule has 1 aromatic heterocycles. The molecule has 0 unspecified atom stereocenters. The molecule has 4 rings (SSSR count). The van der Waals surface area contributed by atoms with Crippen molar-refractivity contribution in [3.05, 3.63) is 35.9 Å². The first kappa shape index (κ1) is 24.2. The van der Waals surface area contributed by atoms with Crippen LogP contribution in [0.5, 0.6) is 0 Å². The zero-order valence-electron chi connectivity index (χ0n) is 20.0. The number of halogens is 1. The van der Waals surface area contributed by atoms with E-state index in [1.165, 1.54) is 49.6 Å². The van der Waals surface area contributed by atoms with Gasteiger partial charge in [-0.25, -0.2) is 4.39 Å². The summed E-state index contributed by atoms with van der Waals surface area (Å²) >= 11 is 1.42. The van der Waals surface area contributed by atoms with Gasteiger partial charge in [0.15, 0.2) is 11.0 Å². The predicted molar refractivity (Wildman–Crippen MR) is 130 cm³/mol. The summed E-state index contributed by atoms with van der Waals surface area (Å²) < 4.78 is 15.6. The molecule has 4 atom stereocenters. The first-order chi connectivity index (χ1) is 15.9. The van der Waals surface area contributed by atoms with E-state index < -0.39 is 0 Å². The van der Waals surface area contributed by atoms with Crippen molar-refractivity contribution in [3.8, 4) is 5.69 Å². The Hall–Kier alpha value is -1.93. The number of carbonyl (C=O) groups is 1. The van der Waals surface area contributed by atoms with Gasteiger partial charge in [0.25, 0.3) is 0 Å². The third kappa shape index (κ3) is 5.96. The van der Waals surface area contributed by atoms with Gasteiger partial charge in [0.1, 0.15) is 5.82 Å². The maximum absolute atomic E-state index is 13.6. The molecule has 2 aliphatic rings. The van der Waals surface area contributed by atoms with E-state index in [4.69, 9.17) is 0 Å². The third-order valence-electron chi connectivity index (χ3n) is 7.28. The summed E-state index contributed by atoms with van der Waals surface area (Å²) in [7, 11) is 0. The number of likely N-dealkylation sites (tertiary alicyclic amines) is 1. The van der Waals surface area contributed by atoms with Gasteiger partial charge in [-0.15, -0.1) is 10.2 Å². The van der Waals surface area contributed by atoms with Gasteiger partial charge in [0, 0.05) is 11.7 Å². The van der Waals surface area contributed by atoms with Crippen LogP contribution in [0.2, 0.25) is 0 Å². The predicted octanol–water partition coefficient (Wildman–Crippen LogP) is 4.81. The van der Waals surface area contributed by atoms with Gasteiger partial charge < -0.3 is 5.32 Å². The number of nitrogens with one attached hydrogen (secondary N) is 1. The lowest BCUT2D eigenvalue weighted by molar-refractivity contribution is -0.121. The maximum Gasteiger partial charge on any atom is 0.233 e. The molecule has 0 bridgehead atoms. The zero-order chi connectivity index (χ0) is 23.4. The summed E-state index contributed by atoms with van der Waals surface area (Å²) in [6.45, 7) is 9.24. The molecule has 6 nitrogen and oxygen atoms in total. The maximum atomic E-state index is 13.6. The number of hydrogen-bond acceptors (Lipinski definition) is 5. The zero-order valence-corrected chi connectivity index (χ0v) is 20.8. The minimum absolute atomic E-state index is 0.0391. The van der Waals surface area contributed by atoms with Crippen LogP contribution in [0, 0.1) is 17.7 Å². The second-order valence-corrected chi connectivity index (χ2v) is 11.0. The fraction of sp³-hybridized carbons (Fsp3) is 0.640. The van der Waals surface area contributed by atoms with Crippen LogP contribution >= 0.6 is 11.8 Å². The first-order valence-corrected chi connectivity index (χ1v) is 13.2. The van der Waals surface area contributed by atoms with E-state index in [1.807, 2.05) is 11.5 Å². The molecule has 1 aliphatic heterocycles. The standard InChI is InChI=1S/C25H36FN5OS/c1-17-8-7-9-22(18(17)2)27-24(32)19(3)33-25-29-28-23(16-30-14-5-4-6-15-30)31(25)21-12-10-20(26)11-13-21/h10-13,17-19,22H,4-9,14-16H2,1-3H3,(H,27,32)/t17-,18+,19+,22+/m1/s1. The molecule has 0 radical (unpaired) electrons. The highest BCUT2D eigenvalue weighted by atomic mass is 32.2. The monoisotopic (exact) mass is 473 g/mol. The molecule has 1 amide bonds. The molecule has 180 valence electrons. The molecule has 1 aromatic carbocycles. The van der Waals surface area contributed by atoms with E-state index >= 15 is 0 Å². The fourth-order valence-electron chi connectivity index (χ4n) is 4.94. The molecule has 2 heterocycles. The Kier molecular flexibility index (Phi) is 8.07. The summed E-state index contributed by atoms with van der Waals surface area (Å²) in [4.78, 5) is 15.4. The van der Waals surface area contributed by atoms with Crippen LogP contribution < -0.4 is 5.32 Å². The molecule has 2 fully saturated rings. The van der Waals surface area contributed by atoms with Gasteiger partial charge >= 0.3 is 0 Å². The van der Waals surface area contributed by atoms with Crippen molar-refractivity contribution in [1.29, 1.82) is 0 Å². The van der Waals surface area contributed by atoms with Crippen molar-refractivity contribution in [2.45, 2.75) is 82.3 Å². The number of nitrogens with zero attached hydrogens (tertiary/aromatic N) is 4. The van der Waals surface area contributed by atoms with Gasteiger partial charge in [-0.05, 0) is 75.4 Å². The number of amides is 1. The van der Waals surface area contributed by atoms with E-state index in [1.54, 1.807) is 12.1 Å². The van der Waals surface area contributed by atoms with Crippen LogP contribution in [0.15, 0.2) is 29.4 Å². The number of piperidine rings is 1. The summed E-state index contributed by atoms with van der Waals surface area (Å²) in [5, 5.41) is 12.6. The molecular weight excluding hydrogens is 437 g/mol. The molecular formula is C25H36FN5OS. The molecule has 0 spiro atoms. The van der Waals surface area contributed by atoms with Crippen LogP contribution in [0.25, 0.3) is 5.69 Å². The highest BCUT2D eigenvalue weighted by Gasteiger charge is 2.30. The fourth-order valence-corrected chi connectivity index (χ4v) is 5.84. The van der Waals surface area contributed by atoms with Crippen LogP contribution in [0.1, 0.15) is 65.1 Å². The lowest BCUT2D eigenvalue weighted by Crippen LogP contribution is -2.46. The van der Waals surface area contributed by atoms with Crippen LogP contribution in [-0.2, 0) is 11.3 Å². The topological polar surface area (TPSA) is 63.1 Å². The second-order valence-electron chi connectivity index (χ2n) is 9.69. The minimum Gasteiger partial charge on any atom is -0.352 e. The minimum atomic E-state index is -0.305. The largest absolute Gasteiger partial charge is 0.352 e. The molecule has 33 heavy (non-hydrogen) atoms. The highest BCUT2D eigenvalue weighted by molar-refractivity contribution is 8.00. The Balaban J connectivity index is 1.51. The Morgan fingerprint density at radius 2 is 1.85 bits per heavy atom. The van der Waals surface area contributed by atoms with Crippen molar-refractivity contribution in [3.63, 3.8) is 0 Å². The van der Waals surface area contributed by atoms with E-state index in [9.17, 15) is 9.18 Å². The first-order valence-electron chi connectivity index (χ1n) is 12.3. The van der Waals surface area contributed by atoms with Gasteiger partial charge in [-0.1, -0.05) is 44.9 Å². The Morgan fingerprint density at radius 3 is 2.58 bits per heavy atom. The second kappa shape index (κ2) is 11.0. The van der Waals surface area contributed by atoms with Crippen molar-refractivity contribution in [2.24, 2.45) is 11.8 Å². The van der Waals surface area contributed by atoms with Gasteiger partial charge in [0.05, 0.1) is 11.8 Å². The van der Waals surface area contributed by atoms with E-state index in [-0.39, 0.29) is 23.0 Å². The quantitative estimate of drug-likeness (QED) is 0.585. The molecule has 1 aliphatic carbocycles. The normalized spacial score (nSPS) is 25.0. The summed E-state index contributed by atoms with van der Waals surface area (Å²) in [6.07, 6.45) is 7.10. The van der Waals surface area contributed by atoms with E-state index in [0.29, 0.717) is 23.5 Å². The number of thioether (sulfide) groups is 1. The van der Waals surface area contributed by atoms with Crippen LogP contribution in [-0.4, -0.2) is 50.0 Å². The Labute approximate surface area is 200 Å². The summed E-state index contributed by atoms with van der Waals surface area (Å²) in [5.41, 5.74) is 0.818. The molecule has 1 saturated heterocycles. The van der Waals surface area contributed by atoms with Gasteiger partial charge in [0.2, 0.25) is 5.91 Å². The lowest BCUT2D eigenvalue weighted by atomic mass is 9.78. The molecule has 2 aromatic rings. The van der Waals surface area contributed by atoms with Crippen LogP contribution in [0.4, 0.5) is 4.39 Å². The van der Waals surface area contributed by atoms with E-state index in [0.717, 1.165) is 37.4 Å². The SMILES string of the molecule is C[C@H]1[C@H](C)CCC[C@@H]1NC(=O)[C@H](C)Sc1nnc(CN2CCCCC2)n1-c1ccc(F)cc1. The molecule has 1 N–H and O–H groups in total. The number of benzene rings is 1. The molecule has 8 heteroatoms. The van der Waals surface area contributed by atoms with Crippen molar-refractivity contribution >= 4 is 17.7 Å². The van der Waals surface area contributed by atoms with Gasteiger partial charge in [-0.3, -0.25) is 14.3 Å². The van der Waals surface area contributed by atoms with Gasteiger partial charge in [-0.2, -0.15) is 0 Å². The van der Waals surface area contributed by atoms with Crippen molar-refractivity contribution in [1.82, 2.24) is 25.0 Å². The summed E-state index contributed by atoms with van der Waals surface area (Å²) in [6, 6.07) is 6.64. The highest BCUT2D eigenvalue weighted by Crippen LogP contribution is 2.31. The number of rotatable bonds is 7. The third-order valence-corrected chi connectivity index (χ3v) is 8.33. The number of hydrogen-bond donors (Lipinski definition) is 1. The average Bonchev–Trinajstić information content (AvgIpc) is 3.19. The Bertz CT molecular complexity index is 927.